The number of fused-ring (bicyclic) bond motifs is 4. The molecule has 3 heteroatoms. The number of hydrogen-bond donors (Lipinski definition) is 0. The standard InChI is InChI=1S/C26H24N2O/c1-16-9-10-19(21-13-17(11-12-27-21)15-26(2,3)4)25-23(16)24-22(29-25)14-18-7-5-6-8-20(18)28-24/h5-14H,15H2,1-4H3/i1D3,15D2. The van der Waals surface area contributed by atoms with E-state index in [1.807, 2.05) is 51.1 Å². The van der Waals surface area contributed by atoms with Crippen LogP contribution in [0.5, 0.6) is 0 Å². The second-order valence-corrected chi connectivity index (χ2v) is 8.30. The van der Waals surface area contributed by atoms with Crippen molar-refractivity contribution in [1.29, 1.82) is 0 Å². The van der Waals surface area contributed by atoms with Crippen molar-refractivity contribution in [1.82, 2.24) is 9.97 Å². The number of nitrogens with zero attached hydrogens (tertiary/aromatic N) is 2. The second kappa shape index (κ2) is 6.41. The van der Waals surface area contributed by atoms with Crippen LogP contribution in [0.15, 0.2) is 65.2 Å². The van der Waals surface area contributed by atoms with Gasteiger partial charge in [0.1, 0.15) is 11.1 Å². The smallest absolute Gasteiger partial charge is 0.154 e. The molecule has 29 heavy (non-hydrogen) atoms. The monoisotopic (exact) mass is 385 g/mol. The maximum Gasteiger partial charge on any atom is 0.154 e. The maximum absolute atomic E-state index is 8.66. The first-order chi connectivity index (χ1) is 15.9. The van der Waals surface area contributed by atoms with E-state index in [4.69, 9.17) is 16.3 Å². The summed E-state index contributed by atoms with van der Waals surface area (Å²) in [5.41, 5.74) is 3.25. The lowest BCUT2D eigenvalue weighted by Crippen LogP contribution is -2.09. The molecule has 0 bridgehead atoms. The minimum Gasteiger partial charge on any atom is -0.454 e. The van der Waals surface area contributed by atoms with E-state index < -0.39 is 18.6 Å². The summed E-state index contributed by atoms with van der Waals surface area (Å²) >= 11 is 0. The highest BCUT2D eigenvalue weighted by Gasteiger charge is 2.18. The zero-order valence-electron chi connectivity index (χ0n) is 21.6. The molecule has 5 rings (SSSR count). The largest absolute Gasteiger partial charge is 0.454 e. The molecule has 0 amide bonds. The Morgan fingerprint density at radius 3 is 2.76 bits per heavy atom. The van der Waals surface area contributed by atoms with Crippen LogP contribution < -0.4 is 0 Å². The van der Waals surface area contributed by atoms with Crippen LogP contribution in [0, 0.1) is 12.3 Å². The molecule has 144 valence electrons. The number of aryl methyl sites for hydroxylation is 1. The third kappa shape index (κ3) is 3.17. The summed E-state index contributed by atoms with van der Waals surface area (Å²) in [7, 11) is 0. The minimum atomic E-state index is -2.36. The molecule has 0 atom stereocenters. The third-order valence-corrected chi connectivity index (χ3v) is 4.85. The maximum atomic E-state index is 8.66. The Bertz CT molecular complexity index is 1560. The van der Waals surface area contributed by atoms with Crippen LogP contribution >= 0.6 is 0 Å². The van der Waals surface area contributed by atoms with Crippen molar-refractivity contribution in [3.8, 4) is 11.3 Å². The first-order valence-electron chi connectivity index (χ1n) is 12.1. The number of pyridine rings is 2. The van der Waals surface area contributed by atoms with Crippen molar-refractivity contribution in [2.45, 2.75) is 34.0 Å². The molecule has 0 aliphatic carbocycles. The molecule has 2 aromatic carbocycles. The molecule has 0 saturated carbocycles. The molecular weight excluding hydrogens is 356 g/mol. The lowest BCUT2D eigenvalue weighted by Gasteiger charge is -2.18. The van der Waals surface area contributed by atoms with Crippen LogP contribution in [0.1, 0.15) is 38.8 Å². The molecule has 5 aromatic rings. The molecule has 3 heterocycles. The van der Waals surface area contributed by atoms with Crippen molar-refractivity contribution in [2.75, 3.05) is 0 Å². The van der Waals surface area contributed by atoms with Gasteiger partial charge in [-0.15, -0.1) is 0 Å². The van der Waals surface area contributed by atoms with Gasteiger partial charge in [-0.2, -0.15) is 0 Å². The fraction of sp³-hybridized carbons (Fsp3) is 0.231. The molecule has 0 aliphatic rings. The predicted molar refractivity (Wildman–Crippen MR) is 120 cm³/mol. The molecule has 0 N–H and O–H groups in total. The molecule has 0 aliphatic heterocycles. The van der Waals surface area contributed by atoms with Gasteiger partial charge < -0.3 is 4.42 Å². The molecule has 3 nitrogen and oxygen atoms in total. The molecule has 3 aromatic heterocycles. The summed E-state index contributed by atoms with van der Waals surface area (Å²) < 4.78 is 47.8. The Hall–Kier alpha value is -3.20. The molecule has 0 saturated heterocycles. The van der Waals surface area contributed by atoms with Crippen LogP contribution in [-0.2, 0) is 6.37 Å². The topological polar surface area (TPSA) is 38.9 Å². The highest BCUT2D eigenvalue weighted by atomic mass is 16.3. The summed E-state index contributed by atoms with van der Waals surface area (Å²) in [5, 5.41) is 1.33. The van der Waals surface area contributed by atoms with E-state index in [1.165, 1.54) is 0 Å². The van der Waals surface area contributed by atoms with E-state index in [-0.39, 0.29) is 5.56 Å². The normalized spacial score (nSPS) is 15.8. The van der Waals surface area contributed by atoms with Crippen LogP contribution in [-0.4, -0.2) is 9.97 Å². The van der Waals surface area contributed by atoms with Gasteiger partial charge in [0.05, 0.1) is 16.6 Å². The van der Waals surface area contributed by atoms with E-state index >= 15 is 0 Å². The zero-order valence-corrected chi connectivity index (χ0v) is 16.6. The molecular formula is C26H24N2O. The first-order valence-corrected chi connectivity index (χ1v) is 9.60. The summed E-state index contributed by atoms with van der Waals surface area (Å²) in [6, 6.07) is 16.1. The van der Waals surface area contributed by atoms with Crippen LogP contribution in [0.3, 0.4) is 0 Å². The number of furan rings is 1. The summed E-state index contributed by atoms with van der Waals surface area (Å²) in [4.78, 5) is 9.22. The lowest BCUT2D eigenvalue weighted by molar-refractivity contribution is 0.411. The van der Waals surface area contributed by atoms with Crippen molar-refractivity contribution in [2.24, 2.45) is 5.41 Å². The SMILES string of the molecule is [2H]C([2H])([2H])c1ccc(-c2cc(C([2H])([2H])C(C)(C)C)ccn2)c2oc3cc4ccccc4nc3c12. The number of hydrogen-bond acceptors (Lipinski definition) is 3. The van der Waals surface area contributed by atoms with Gasteiger partial charge in [0.15, 0.2) is 5.58 Å². The van der Waals surface area contributed by atoms with Gasteiger partial charge in [-0.1, -0.05) is 45.0 Å². The summed E-state index contributed by atoms with van der Waals surface area (Å²) in [5.74, 6) is 0. The van der Waals surface area contributed by atoms with E-state index in [2.05, 4.69) is 4.98 Å². The van der Waals surface area contributed by atoms with Crippen LogP contribution in [0.25, 0.3) is 44.2 Å². The number of rotatable bonds is 2. The second-order valence-electron chi connectivity index (χ2n) is 8.30. The van der Waals surface area contributed by atoms with Gasteiger partial charge >= 0.3 is 0 Å². The Labute approximate surface area is 177 Å². The molecule has 0 radical (unpaired) electrons. The number of aromatic nitrogens is 2. The van der Waals surface area contributed by atoms with Gasteiger partial charge in [0, 0.05) is 24.0 Å². The molecule has 0 fully saturated rings. The highest BCUT2D eigenvalue weighted by molar-refractivity contribution is 6.11. The van der Waals surface area contributed by atoms with Crippen LogP contribution in [0.2, 0.25) is 0 Å². The highest BCUT2D eigenvalue weighted by Crippen LogP contribution is 2.37. The van der Waals surface area contributed by atoms with E-state index in [9.17, 15) is 0 Å². The van der Waals surface area contributed by atoms with Crippen molar-refractivity contribution in [3.05, 3.63) is 71.9 Å². The number of benzene rings is 2. The average molecular weight is 386 g/mol. The van der Waals surface area contributed by atoms with Crippen molar-refractivity contribution < 1.29 is 11.3 Å². The first kappa shape index (κ1) is 13.1. The molecule has 0 unspecified atom stereocenters. The Balaban J connectivity index is 1.83. The molecule has 0 spiro atoms. The average Bonchev–Trinajstić information content (AvgIpc) is 3.13. The zero-order chi connectivity index (χ0) is 24.5. The Kier molecular flexibility index (Phi) is 2.90. The van der Waals surface area contributed by atoms with Gasteiger partial charge in [-0.25, -0.2) is 4.98 Å². The van der Waals surface area contributed by atoms with E-state index in [0.29, 0.717) is 38.9 Å². The minimum absolute atomic E-state index is 0.161. The third-order valence-electron chi connectivity index (χ3n) is 4.85. The van der Waals surface area contributed by atoms with Crippen molar-refractivity contribution >= 4 is 33.0 Å². The quantitative estimate of drug-likeness (QED) is 0.325. The fourth-order valence-corrected chi connectivity index (χ4v) is 3.68. The van der Waals surface area contributed by atoms with Gasteiger partial charge in [-0.3, -0.25) is 4.98 Å². The van der Waals surface area contributed by atoms with Gasteiger partial charge in [-0.05, 0) is 60.1 Å². The van der Waals surface area contributed by atoms with Gasteiger partial charge in [0.2, 0.25) is 0 Å². The van der Waals surface area contributed by atoms with E-state index in [0.717, 1.165) is 10.9 Å². The van der Waals surface area contributed by atoms with E-state index in [1.54, 1.807) is 30.5 Å². The Morgan fingerprint density at radius 1 is 1.07 bits per heavy atom. The van der Waals surface area contributed by atoms with Gasteiger partial charge in [0.25, 0.3) is 0 Å². The van der Waals surface area contributed by atoms with Crippen molar-refractivity contribution in [3.63, 3.8) is 0 Å². The van der Waals surface area contributed by atoms with Crippen LogP contribution in [0.4, 0.5) is 0 Å². The Morgan fingerprint density at radius 2 is 1.93 bits per heavy atom. The lowest BCUT2D eigenvalue weighted by atomic mass is 9.88. The summed E-state index contributed by atoms with van der Waals surface area (Å²) in [6.07, 6.45) is -0.0253. The number of para-hydroxylation sites is 1. The summed E-state index contributed by atoms with van der Waals surface area (Å²) in [6.45, 7) is 3.20. The fourth-order valence-electron chi connectivity index (χ4n) is 3.68. The predicted octanol–water partition coefficient (Wildman–Crippen LogP) is 7.09.